The van der Waals surface area contributed by atoms with Crippen LogP contribution in [0.5, 0.6) is 0 Å². The van der Waals surface area contributed by atoms with Crippen molar-refractivity contribution in [3.05, 3.63) is 151 Å². The molecular formula is C42H33N3. The number of rotatable bonds is 4. The summed E-state index contributed by atoms with van der Waals surface area (Å²) in [6.45, 7) is 6.79. The van der Waals surface area contributed by atoms with Crippen LogP contribution in [0.15, 0.2) is 146 Å². The van der Waals surface area contributed by atoms with E-state index in [-0.39, 0.29) is 5.41 Å². The molecule has 216 valence electrons. The van der Waals surface area contributed by atoms with Gasteiger partial charge >= 0.3 is 0 Å². The maximum absolute atomic E-state index is 4.96. The van der Waals surface area contributed by atoms with E-state index < -0.39 is 0 Å². The second-order valence-corrected chi connectivity index (χ2v) is 12.8. The van der Waals surface area contributed by atoms with Gasteiger partial charge in [-0.3, -0.25) is 4.57 Å². The summed E-state index contributed by atoms with van der Waals surface area (Å²) in [4.78, 5) is 9.91. The predicted molar refractivity (Wildman–Crippen MR) is 189 cm³/mol. The molecule has 0 aliphatic rings. The summed E-state index contributed by atoms with van der Waals surface area (Å²) in [6.07, 6.45) is 3.90. The van der Waals surface area contributed by atoms with Gasteiger partial charge < -0.3 is 0 Å². The summed E-state index contributed by atoms with van der Waals surface area (Å²) in [5.41, 5.74) is 10.4. The van der Waals surface area contributed by atoms with Gasteiger partial charge in [-0.05, 0) is 86.0 Å². The van der Waals surface area contributed by atoms with Crippen molar-refractivity contribution in [1.29, 1.82) is 0 Å². The molecule has 0 unspecified atom stereocenters. The highest BCUT2D eigenvalue weighted by Crippen LogP contribution is 2.37. The van der Waals surface area contributed by atoms with Gasteiger partial charge in [0.2, 0.25) is 5.95 Å². The van der Waals surface area contributed by atoms with Crippen LogP contribution in [0.4, 0.5) is 0 Å². The van der Waals surface area contributed by atoms with E-state index in [1.165, 1.54) is 49.4 Å². The predicted octanol–water partition coefficient (Wildman–Crippen LogP) is 11.0. The molecule has 2 aromatic heterocycles. The fraction of sp³-hybridized carbons (Fsp3) is 0.0952. The van der Waals surface area contributed by atoms with E-state index in [0.717, 1.165) is 22.2 Å². The molecular weight excluding hydrogens is 546 g/mol. The molecule has 0 fully saturated rings. The Labute approximate surface area is 263 Å². The first-order valence-corrected chi connectivity index (χ1v) is 15.5. The first-order valence-electron chi connectivity index (χ1n) is 15.5. The number of aromatic nitrogens is 3. The van der Waals surface area contributed by atoms with Crippen LogP contribution in [0, 0.1) is 0 Å². The molecule has 2 heterocycles. The summed E-state index contributed by atoms with van der Waals surface area (Å²) >= 11 is 0. The Morgan fingerprint density at radius 3 is 1.62 bits per heavy atom. The number of nitrogens with zero attached hydrogens (tertiary/aromatic N) is 3. The van der Waals surface area contributed by atoms with Crippen molar-refractivity contribution in [2.75, 3.05) is 0 Å². The first kappa shape index (κ1) is 27.0. The molecule has 0 radical (unpaired) electrons. The van der Waals surface area contributed by atoms with Gasteiger partial charge in [-0.1, -0.05) is 118 Å². The molecule has 0 bridgehead atoms. The highest BCUT2D eigenvalue weighted by Gasteiger charge is 2.19. The number of hydrogen-bond donors (Lipinski definition) is 0. The zero-order chi connectivity index (χ0) is 30.5. The summed E-state index contributed by atoms with van der Waals surface area (Å²) < 4.78 is 2.21. The Bertz CT molecular complexity index is 2340. The lowest BCUT2D eigenvalue weighted by atomic mass is 9.86. The van der Waals surface area contributed by atoms with E-state index in [9.17, 15) is 0 Å². The molecule has 8 rings (SSSR count). The lowest BCUT2D eigenvalue weighted by molar-refractivity contribution is 0.591. The van der Waals surface area contributed by atoms with E-state index in [4.69, 9.17) is 9.97 Å². The van der Waals surface area contributed by atoms with Gasteiger partial charge in [0.25, 0.3) is 0 Å². The van der Waals surface area contributed by atoms with Crippen molar-refractivity contribution in [2.45, 2.75) is 26.2 Å². The van der Waals surface area contributed by atoms with Crippen molar-refractivity contribution < 1.29 is 0 Å². The zero-order valence-corrected chi connectivity index (χ0v) is 25.7. The minimum atomic E-state index is 0.0506. The molecule has 0 aliphatic carbocycles. The van der Waals surface area contributed by atoms with Crippen molar-refractivity contribution in [3.63, 3.8) is 0 Å². The van der Waals surface area contributed by atoms with Gasteiger partial charge in [-0.2, -0.15) is 0 Å². The summed E-state index contributed by atoms with van der Waals surface area (Å²) in [5.74, 6) is 0.671. The highest BCUT2D eigenvalue weighted by molar-refractivity contribution is 6.13. The van der Waals surface area contributed by atoms with Crippen molar-refractivity contribution in [3.8, 4) is 39.3 Å². The van der Waals surface area contributed by atoms with E-state index in [1.807, 2.05) is 12.4 Å². The van der Waals surface area contributed by atoms with Crippen molar-refractivity contribution >= 4 is 32.6 Å². The quantitative estimate of drug-likeness (QED) is 0.208. The molecule has 0 amide bonds. The second-order valence-electron chi connectivity index (χ2n) is 12.8. The highest BCUT2D eigenvalue weighted by atomic mass is 15.1. The minimum absolute atomic E-state index is 0.0506. The summed E-state index contributed by atoms with van der Waals surface area (Å²) in [5, 5.41) is 4.87. The Balaban J connectivity index is 1.21. The average molecular weight is 580 g/mol. The lowest BCUT2D eigenvalue weighted by Gasteiger charge is -2.19. The van der Waals surface area contributed by atoms with E-state index in [1.54, 1.807) is 0 Å². The minimum Gasteiger partial charge on any atom is -0.278 e. The Hall–Kier alpha value is -5.54. The Morgan fingerprint density at radius 1 is 0.444 bits per heavy atom. The van der Waals surface area contributed by atoms with Gasteiger partial charge in [-0.15, -0.1) is 0 Å². The molecule has 6 aromatic carbocycles. The molecule has 0 aliphatic heterocycles. The van der Waals surface area contributed by atoms with Gasteiger partial charge in [0.15, 0.2) is 0 Å². The van der Waals surface area contributed by atoms with E-state index in [0.29, 0.717) is 5.95 Å². The number of fused-ring (bicyclic) bond motifs is 4. The van der Waals surface area contributed by atoms with Crippen molar-refractivity contribution in [1.82, 2.24) is 14.5 Å². The molecule has 8 aromatic rings. The topological polar surface area (TPSA) is 30.7 Å². The maximum atomic E-state index is 4.96. The fourth-order valence-electron chi connectivity index (χ4n) is 6.36. The van der Waals surface area contributed by atoms with Gasteiger partial charge in [0.05, 0.1) is 11.0 Å². The summed E-state index contributed by atoms with van der Waals surface area (Å²) in [7, 11) is 0. The smallest absolute Gasteiger partial charge is 0.234 e. The third kappa shape index (κ3) is 4.87. The maximum Gasteiger partial charge on any atom is 0.234 e. The average Bonchev–Trinajstić information content (AvgIpc) is 3.40. The number of benzene rings is 6. The zero-order valence-electron chi connectivity index (χ0n) is 25.7. The third-order valence-electron chi connectivity index (χ3n) is 8.84. The van der Waals surface area contributed by atoms with Gasteiger partial charge in [0, 0.05) is 28.7 Å². The lowest BCUT2D eigenvalue weighted by Crippen LogP contribution is -2.10. The molecule has 3 nitrogen and oxygen atoms in total. The largest absolute Gasteiger partial charge is 0.278 e. The van der Waals surface area contributed by atoms with Crippen molar-refractivity contribution in [2.24, 2.45) is 0 Å². The van der Waals surface area contributed by atoms with Crippen LogP contribution in [-0.4, -0.2) is 14.5 Å². The molecule has 0 saturated heterocycles. The molecule has 0 spiro atoms. The van der Waals surface area contributed by atoms with Crippen LogP contribution in [0.2, 0.25) is 0 Å². The SMILES string of the molecule is CC(C)(C)c1ccc2c(c1)c1cc3ccccc3cc1n2-c1ncc(-c2cccc(-c3cccc(-c4ccccc4)c3)c2)cn1. The first-order chi connectivity index (χ1) is 21.9. The van der Waals surface area contributed by atoms with E-state index in [2.05, 4.69) is 159 Å². The Kier molecular flexibility index (Phi) is 6.35. The monoisotopic (exact) mass is 579 g/mol. The van der Waals surface area contributed by atoms with Crippen LogP contribution in [0.1, 0.15) is 26.3 Å². The Morgan fingerprint density at radius 2 is 0.978 bits per heavy atom. The molecule has 0 atom stereocenters. The van der Waals surface area contributed by atoms with Crippen LogP contribution in [0.3, 0.4) is 0 Å². The van der Waals surface area contributed by atoms with Gasteiger partial charge in [-0.25, -0.2) is 9.97 Å². The third-order valence-corrected chi connectivity index (χ3v) is 8.84. The standard InChI is InChI=1S/C42H33N3/c1-42(2,3)36-19-20-39-38(25-36)37-23-33-13-7-8-14-34(33)24-40(37)45(39)41-43-26-35(27-44-41)32-18-10-17-31(22-32)30-16-9-15-29(21-30)28-11-5-4-6-12-28/h4-27H,1-3H3. The van der Waals surface area contributed by atoms with E-state index >= 15 is 0 Å². The molecule has 0 saturated carbocycles. The summed E-state index contributed by atoms with van der Waals surface area (Å²) in [6, 6.07) is 47.8. The van der Waals surface area contributed by atoms with Gasteiger partial charge in [0.1, 0.15) is 0 Å². The molecule has 3 heteroatoms. The second kappa shape index (κ2) is 10.6. The molecule has 45 heavy (non-hydrogen) atoms. The molecule has 0 N–H and O–H groups in total. The van der Waals surface area contributed by atoms with Crippen LogP contribution >= 0.6 is 0 Å². The number of hydrogen-bond acceptors (Lipinski definition) is 2. The van der Waals surface area contributed by atoms with Crippen LogP contribution in [-0.2, 0) is 5.41 Å². The van der Waals surface area contributed by atoms with Crippen LogP contribution in [0.25, 0.3) is 71.9 Å². The van der Waals surface area contributed by atoms with Crippen LogP contribution < -0.4 is 0 Å². The normalized spacial score (nSPS) is 11.9. The fourth-order valence-corrected chi connectivity index (χ4v) is 6.36.